The maximum absolute atomic E-state index is 13.1. The lowest BCUT2D eigenvalue weighted by molar-refractivity contribution is 0.0640. The fourth-order valence-electron chi connectivity index (χ4n) is 4.13. The Hall–Kier alpha value is -3.48. The Bertz CT molecular complexity index is 1100. The monoisotopic (exact) mass is 416 g/mol. The second kappa shape index (κ2) is 7.98. The number of ketones is 1. The van der Waals surface area contributed by atoms with Gasteiger partial charge in [0.15, 0.2) is 5.78 Å². The molecular weight excluding hydrogens is 392 g/mol. The molecule has 1 amide bonds. The average Bonchev–Trinajstić information content (AvgIpc) is 3.57. The van der Waals surface area contributed by atoms with Crippen molar-refractivity contribution in [3.63, 3.8) is 0 Å². The zero-order valence-corrected chi connectivity index (χ0v) is 17.1. The Morgan fingerprint density at radius 1 is 0.903 bits per heavy atom. The first-order chi connectivity index (χ1) is 15.1. The standard InChI is InChI=1S/C24H24N4O3/c29-20-10-8-16(9-11-20)21(30)17-12-14-27(15-13-17)24(31)22-25-23(18-6-7-18)28(26-22)19-4-2-1-3-5-19/h1-5,8-11,17-18,29H,6-7,12-15H2. The summed E-state index contributed by atoms with van der Waals surface area (Å²) in [7, 11) is 0. The lowest BCUT2D eigenvalue weighted by Gasteiger charge is -2.30. The maximum Gasteiger partial charge on any atom is 0.293 e. The summed E-state index contributed by atoms with van der Waals surface area (Å²) in [6, 6.07) is 16.1. The summed E-state index contributed by atoms with van der Waals surface area (Å²) < 4.78 is 1.80. The van der Waals surface area contributed by atoms with Crippen LogP contribution in [0.4, 0.5) is 0 Å². The zero-order chi connectivity index (χ0) is 21.4. The van der Waals surface area contributed by atoms with Gasteiger partial charge in [-0.1, -0.05) is 18.2 Å². The van der Waals surface area contributed by atoms with Crippen LogP contribution in [0.15, 0.2) is 54.6 Å². The third-order valence-electron chi connectivity index (χ3n) is 6.07. The number of carbonyl (C=O) groups excluding carboxylic acids is 2. The first-order valence-corrected chi connectivity index (χ1v) is 10.7. The summed E-state index contributed by atoms with van der Waals surface area (Å²) in [5.41, 5.74) is 1.51. The number of hydrogen-bond donors (Lipinski definition) is 1. The van der Waals surface area contributed by atoms with Crippen LogP contribution in [0.3, 0.4) is 0 Å². The number of rotatable bonds is 5. The molecule has 31 heavy (non-hydrogen) atoms. The molecule has 2 heterocycles. The van der Waals surface area contributed by atoms with Crippen molar-refractivity contribution in [2.24, 2.45) is 5.92 Å². The summed E-state index contributed by atoms with van der Waals surface area (Å²) in [5.74, 6) is 1.36. The topological polar surface area (TPSA) is 88.3 Å². The predicted molar refractivity (Wildman–Crippen MR) is 114 cm³/mol. The van der Waals surface area contributed by atoms with Gasteiger partial charge in [-0.05, 0) is 62.1 Å². The van der Waals surface area contributed by atoms with Crippen molar-refractivity contribution < 1.29 is 14.7 Å². The van der Waals surface area contributed by atoms with Crippen molar-refractivity contribution in [2.75, 3.05) is 13.1 Å². The van der Waals surface area contributed by atoms with E-state index in [1.165, 1.54) is 12.1 Å². The van der Waals surface area contributed by atoms with Crippen LogP contribution in [0.25, 0.3) is 5.69 Å². The smallest absolute Gasteiger partial charge is 0.293 e. The number of aromatic nitrogens is 3. The van der Waals surface area contributed by atoms with Crippen molar-refractivity contribution >= 4 is 11.7 Å². The minimum Gasteiger partial charge on any atom is -0.508 e. The molecule has 7 nitrogen and oxygen atoms in total. The fourth-order valence-corrected chi connectivity index (χ4v) is 4.13. The van der Waals surface area contributed by atoms with Crippen LogP contribution in [0, 0.1) is 5.92 Å². The molecule has 0 bridgehead atoms. The average molecular weight is 416 g/mol. The summed E-state index contributed by atoms with van der Waals surface area (Å²) in [4.78, 5) is 32.2. The Morgan fingerprint density at radius 3 is 2.23 bits per heavy atom. The number of benzene rings is 2. The number of carbonyl (C=O) groups is 2. The van der Waals surface area contributed by atoms with Crippen molar-refractivity contribution in [3.05, 3.63) is 71.8 Å². The van der Waals surface area contributed by atoms with Gasteiger partial charge < -0.3 is 10.0 Å². The number of phenolic OH excluding ortho intramolecular Hbond substituents is 1. The number of para-hydroxylation sites is 1. The molecule has 158 valence electrons. The van der Waals surface area contributed by atoms with E-state index in [2.05, 4.69) is 10.1 Å². The largest absolute Gasteiger partial charge is 0.508 e. The molecule has 2 aromatic carbocycles. The molecule has 0 spiro atoms. The number of Topliss-reactive ketones (excluding diaryl/α,β-unsaturated/α-hetero) is 1. The highest BCUT2D eigenvalue weighted by Crippen LogP contribution is 2.39. The number of hydrogen-bond acceptors (Lipinski definition) is 5. The summed E-state index contributed by atoms with van der Waals surface area (Å²) in [6.45, 7) is 1.01. The second-order valence-electron chi connectivity index (χ2n) is 8.29. The van der Waals surface area contributed by atoms with Gasteiger partial charge in [0.05, 0.1) is 5.69 Å². The first-order valence-electron chi connectivity index (χ1n) is 10.7. The van der Waals surface area contributed by atoms with E-state index in [1.807, 2.05) is 30.3 Å². The number of nitrogens with zero attached hydrogens (tertiary/aromatic N) is 4. The van der Waals surface area contributed by atoms with Crippen LogP contribution in [-0.2, 0) is 0 Å². The Balaban J connectivity index is 1.29. The molecule has 1 saturated carbocycles. The summed E-state index contributed by atoms with van der Waals surface area (Å²) in [6.07, 6.45) is 3.37. The Morgan fingerprint density at radius 2 is 1.58 bits per heavy atom. The molecule has 1 N–H and O–H groups in total. The number of likely N-dealkylation sites (tertiary alicyclic amines) is 1. The Labute approximate surface area is 180 Å². The van der Waals surface area contributed by atoms with Crippen LogP contribution in [0.5, 0.6) is 5.75 Å². The van der Waals surface area contributed by atoms with Crippen LogP contribution in [-0.4, -0.2) is 49.6 Å². The number of phenols is 1. The van der Waals surface area contributed by atoms with Crippen LogP contribution in [0.2, 0.25) is 0 Å². The van der Waals surface area contributed by atoms with Crippen molar-refractivity contribution in [1.29, 1.82) is 0 Å². The normalized spacial score (nSPS) is 17.0. The lowest BCUT2D eigenvalue weighted by atomic mass is 9.89. The highest BCUT2D eigenvalue weighted by atomic mass is 16.3. The van der Waals surface area contributed by atoms with Gasteiger partial charge in [0.25, 0.3) is 5.91 Å². The summed E-state index contributed by atoms with van der Waals surface area (Å²) in [5, 5.41) is 14.0. The van der Waals surface area contributed by atoms with Crippen molar-refractivity contribution in [3.8, 4) is 11.4 Å². The van der Waals surface area contributed by atoms with E-state index >= 15 is 0 Å². The molecule has 0 atom stereocenters. The molecule has 1 aliphatic heterocycles. The molecule has 1 aromatic heterocycles. The highest BCUT2D eigenvalue weighted by Gasteiger charge is 2.34. The second-order valence-corrected chi connectivity index (χ2v) is 8.29. The van der Waals surface area contributed by atoms with Gasteiger partial charge >= 0.3 is 0 Å². The van der Waals surface area contributed by atoms with E-state index in [0.717, 1.165) is 24.4 Å². The van der Waals surface area contributed by atoms with E-state index in [-0.39, 0.29) is 29.2 Å². The molecule has 1 saturated heterocycles. The van der Waals surface area contributed by atoms with E-state index in [0.29, 0.717) is 37.4 Å². The van der Waals surface area contributed by atoms with Gasteiger partial charge in [0.1, 0.15) is 11.6 Å². The minimum atomic E-state index is -0.174. The van der Waals surface area contributed by atoms with Gasteiger partial charge in [-0.3, -0.25) is 9.59 Å². The molecule has 0 unspecified atom stereocenters. The first kappa shape index (κ1) is 19.5. The molecule has 2 fully saturated rings. The van der Waals surface area contributed by atoms with Crippen LogP contribution >= 0.6 is 0 Å². The number of piperidine rings is 1. The van der Waals surface area contributed by atoms with Crippen LogP contribution in [0.1, 0.15) is 58.4 Å². The number of amides is 1. The van der Waals surface area contributed by atoms with Crippen molar-refractivity contribution in [2.45, 2.75) is 31.6 Å². The highest BCUT2D eigenvalue weighted by molar-refractivity contribution is 5.98. The van der Waals surface area contributed by atoms with Gasteiger partial charge in [0, 0.05) is 30.5 Å². The van der Waals surface area contributed by atoms with Gasteiger partial charge in [-0.2, -0.15) is 0 Å². The van der Waals surface area contributed by atoms with Gasteiger partial charge in [-0.15, -0.1) is 5.10 Å². The molecule has 3 aromatic rings. The maximum atomic E-state index is 13.1. The molecule has 7 heteroatoms. The predicted octanol–water partition coefficient (Wildman–Crippen LogP) is 3.59. The molecule has 1 aliphatic carbocycles. The molecule has 0 radical (unpaired) electrons. The SMILES string of the molecule is O=C(c1ccc(O)cc1)C1CCN(C(=O)c2nc(C3CC3)n(-c3ccccc3)n2)CC1. The molecular formula is C24H24N4O3. The fraction of sp³-hybridized carbons (Fsp3) is 0.333. The number of aromatic hydroxyl groups is 1. The van der Waals surface area contributed by atoms with E-state index < -0.39 is 0 Å². The third kappa shape index (κ3) is 3.95. The zero-order valence-electron chi connectivity index (χ0n) is 17.1. The third-order valence-corrected chi connectivity index (χ3v) is 6.07. The minimum absolute atomic E-state index is 0.0644. The lowest BCUT2D eigenvalue weighted by Crippen LogP contribution is -2.40. The summed E-state index contributed by atoms with van der Waals surface area (Å²) >= 11 is 0. The Kier molecular flexibility index (Phi) is 5.02. The van der Waals surface area contributed by atoms with Gasteiger partial charge in [0.2, 0.25) is 5.82 Å². The molecule has 2 aliphatic rings. The van der Waals surface area contributed by atoms with Crippen molar-refractivity contribution in [1.82, 2.24) is 19.7 Å². The molecule has 5 rings (SSSR count). The van der Waals surface area contributed by atoms with Gasteiger partial charge in [-0.25, -0.2) is 9.67 Å². The quantitative estimate of drug-likeness (QED) is 0.642. The van der Waals surface area contributed by atoms with E-state index in [9.17, 15) is 14.7 Å². The van der Waals surface area contributed by atoms with E-state index in [1.54, 1.807) is 21.7 Å². The van der Waals surface area contributed by atoms with Crippen LogP contribution < -0.4 is 0 Å². The van der Waals surface area contributed by atoms with E-state index in [4.69, 9.17) is 0 Å².